The number of rotatable bonds is 4. The maximum atomic E-state index is 5.97. The second-order valence-electron chi connectivity index (χ2n) is 4.67. The smallest absolute Gasteiger partial charge is 0.0937 e. The summed E-state index contributed by atoms with van der Waals surface area (Å²) in [4.78, 5) is 0. The first kappa shape index (κ1) is 10.4. The minimum Gasteiger partial charge on any atom is -0.376 e. The Kier molecular flexibility index (Phi) is 3.42. The van der Waals surface area contributed by atoms with E-state index in [0.717, 1.165) is 25.6 Å². The van der Waals surface area contributed by atoms with Gasteiger partial charge in [-0.05, 0) is 32.6 Å². The molecule has 0 aromatic rings. The molecule has 2 atom stereocenters. The second-order valence-corrected chi connectivity index (χ2v) is 4.67. The van der Waals surface area contributed by atoms with E-state index in [1.165, 1.54) is 12.8 Å². The molecular formula is C11H21NO2. The molecule has 1 saturated carbocycles. The van der Waals surface area contributed by atoms with Gasteiger partial charge >= 0.3 is 0 Å². The van der Waals surface area contributed by atoms with Gasteiger partial charge < -0.3 is 14.8 Å². The summed E-state index contributed by atoms with van der Waals surface area (Å²) in [5, 5.41) is 3.42. The van der Waals surface area contributed by atoms with E-state index in [-0.39, 0.29) is 6.10 Å². The highest BCUT2D eigenvalue weighted by Crippen LogP contribution is 2.35. The second kappa shape index (κ2) is 4.60. The van der Waals surface area contributed by atoms with Gasteiger partial charge in [0.05, 0.1) is 24.9 Å². The predicted molar refractivity (Wildman–Crippen MR) is 55.3 cm³/mol. The highest BCUT2D eigenvalue weighted by Gasteiger charge is 2.35. The van der Waals surface area contributed by atoms with Gasteiger partial charge in [-0.25, -0.2) is 0 Å². The Morgan fingerprint density at radius 3 is 2.79 bits per heavy atom. The van der Waals surface area contributed by atoms with Crippen molar-refractivity contribution < 1.29 is 9.47 Å². The highest BCUT2D eigenvalue weighted by molar-refractivity contribution is 4.87. The lowest BCUT2D eigenvalue weighted by molar-refractivity contribution is -0.0921. The molecular weight excluding hydrogens is 178 g/mol. The maximum absolute atomic E-state index is 5.97. The van der Waals surface area contributed by atoms with Crippen LogP contribution in [0.2, 0.25) is 0 Å². The van der Waals surface area contributed by atoms with E-state index < -0.39 is 0 Å². The Hall–Kier alpha value is -0.120. The van der Waals surface area contributed by atoms with Gasteiger partial charge in [-0.3, -0.25) is 0 Å². The zero-order valence-electron chi connectivity index (χ0n) is 9.16. The molecule has 2 fully saturated rings. The molecule has 3 nitrogen and oxygen atoms in total. The molecule has 2 rings (SSSR count). The van der Waals surface area contributed by atoms with Gasteiger partial charge in [-0.15, -0.1) is 0 Å². The third-order valence-corrected chi connectivity index (χ3v) is 2.85. The maximum Gasteiger partial charge on any atom is 0.0937 e. The number of nitrogens with one attached hydrogen (secondary N) is 1. The third kappa shape index (κ3) is 2.94. The zero-order chi connectivity index (χ0) is 9.97. The molecule has 1 heterocycles. The molecule has 2 aliphatic rings. The average Bonchev–Trinajstić information content (AvgIpc) is 2.98. The molecule has 0 spiro atoms. The fourth-order valence-electron chi connectivity index (χ4n) is 1.87. The van der Waals surface area contributed by atoms with Crippen molar-refractivity contribution in [1.82, 2.24) is 5.32 Å². The molecule has 0 aromatic heterocycles. The van der Waals surface area contributed by atoms with Gasteiger partial charge in [-0.2, -0.15) is 0 Å². The standard InChI is InChI=1S/C11H21NO2/c1-8(2)13-7-10-5-12-6-11(14-10)9-3-4-9/h8-12H,3-7H2,1-2H3/t10-,11-/m0/s1. The van der Waals surface area contributed by atoms with Crippen molar-refractivity contribution >= 4 is 0 Å². The largest absolute Gasteiger partial charge is 0.376 e. The zero-order valence-corrected chi connectivity index (χ0v) is 9.16. The normalized spacial score (nSPS) is 33.6. The van der Waals surface area contributed by atoms with E-state index in [0.29, 0.717) is 12.2 Å². The number of hydrogen-bond acceptors (Lipinski definition) is 3. The lowest BCUT2D eigenvalue weighted by atomic mass is 10.2. The van der Waals surface area contributed by atoms with Gasteiger partial charge in [0.1, 0.15) is 0 Å². The van der Waals surface area contributed by atoms with Gasteiger partial charge in [-0.1, -0.05) is 0 Å². The van der Waals surface area contributed by atoms with Crippen LogP contribution in [0, 0.1) is 5.92 Å². The van der Waals surface area contributed by atoms with Crippen LogP contribution in [0.3, 0.4) is 0 Å². The first-order valence-electron chi connectivity index (χ1n) is 5.73. The van der Waals surface area contributed by atoms with Gasteiger partial charge in [0.15, 0.2) is 0 Å². The SMILES string of the molecule is CC(C)OC[C@@H]1CNC[C@@H](C2CC2)O1. The van der Waals surface area contributed by atoms with Crippen LogP contribution < -0.4 is 5.32 Å². The molecule has 0 amide bonds. The fraction of sp³-hybridized carbons (Fsp3) is 1.00. The molecule has 1 aliphatic heterocycles. The van der Waals surface area contributed by atoms with Gasteiger partial charge in [0, 0.05) is 13.1 Å². The predicted octanol–water partition coefficient (Wildman–Crippen LogP) is 1.18. The van der Waals surface area contributed by atoms with Crippen molar-refractivity contribution in [2.45, 2.75) is 45.0 Å². The molecule has 82 valence electrons. The fourth-order valence-corrected chi connectivity index (χ4v) is 1.87. The molecule has 3 heteroatoms. The van der Waals surface area contributed by atoms with Crippen LogP contribution in [0.4, 0.5) is 0 Å². The van der Waals surface area contributed by atoms with Crippen molar-refractivity contribution in [3.05, 3.63) is 0 Å². The summed E-state index contributed by atoms with van der Waals surface area (Å²) >= 11 is 0. The topological polar surface area (TPSA) is 30.5 Å². The lowest BCUT2D eigenvalue weighted by Gasteiger charge is -2.31. The van der Waals surface area contributed by atoms with Crippen molar-refractivity contribution in [3.63, 3.8) is 0 Å². The van der Waals surface area contributed by atoms with Crippen LogP contribution in [0.5, 0.6) is 0 Å². The van der Waals surface area contributed by atoms with E-state index in [4.69, 9.17) is 9.47 Å². The highest BCUT2D eigenvalue weighted by atomic mass is 16.5. The van der Waals surface area contributed by atoms with E-state index in [1.807, 2.05) is 0 Å². The van der Waals surface area contributed by atoms with Gasteiger partial charge in [0.25, 0.3) is 0 Å². The number of morpholine rings is 1. The van der Waals surface area contributed by atoms with E-state index in [2.05, 4.69) is 19.2 Å². The summed E-state index contributed by atoms with van der Waals surface area (Å²) in [5.41, 5.74) is 0. The molecule has 14 heavy (non-hydrogen) atoms. The Balaban J connectivity index is 1.70. The molecule has 1 saturated heterocycles. The van der Waals surface area contributed by atoms with Crippen LogP contribution >= 0.6 is 0 Å². The molecule has 1 N–H and O–H groups in total. The monoisotopic (exact) mass is 199 g/mol. The Labute approximate surface area is 86.2 Å². The number of ether oxygens (including phenoxy) is 2. The summed E-state index contributed by atoms with van der Waals surface area (Å²) in [7, 11) is 0. The van der Waals surface area contributed by atoms with Crippen LogP contribution in [-0.2, 0) is 9.47 Å². The Morgan fingerprint density at radius 2 is 2.14 bits per heavy atom. The van der Waals surface area contributed by atoms with Crippen molar-refractivity contribution in [1.29, 1.82) is 0 Å². The molecule has 0 radical (unpaired) electrons. The third-order valence-electron chi connectivity index (χ3n) is 2.85. The van der Waals surface area contributed by atoms with Crippen molar-refractivity contribution in [2.24, 2.45) is 5.92 Å². The molecule has 0 bridgehead atoms. The average molecular weight is 199 g/mol. The van der Waals surface area contributed by atoms with Crippen LogP contribution in [0.15, 0.2) is 0 Å². The quantitative estimate of drug-likeness (QED) is 0.737. The molecule has 1 aliphatic carbocycles. The summed E-state index contributed by atoms with van der Waals surface area (Å²) in [6, 6.07) is 0. The minimum absolute atomic E-state index is 0.261. The first-order valence-corrected chi connectivity index (χ1v) is 5.73. The van der Waals surface area contributed by atoms with E-state index >= 15 is 0 Å². The summed E-state index contributed by atoms with van der Waals surface area (Å²) in [5.74, 6) is 0.823. The lowest BCUT2D eigenvalue weighted by Crippen LogP contribution is -2.47. The van der Waals surface area contributed by atoms with Gasteiger partial charge in [0.2, 0.25) is 0 Å². The van der Waals surface area contributed by atoms with Crippen LogP contribution in [0.25, 0.3) is 0 Å². The Morgan fingerprint density at radius 1 is 1.36 bits per heavy atom. The summed E-state index contributed by atoms with van der Waals surface area (Å²) in [6.45, 7) is 6.83. The Bertz CT molecular complexity index is 180. The minimum atomic E-state index is 0.261. The molecule has 0 aromatic carbocycles. The van der Waals surface area contributed by atoms with Crippen LogP contribution in [0.1, 0.15) is 26.7 Å². The van der Waals surface area contributed by atoms with E-state index in [9.17, 15) is 0 Å². The van der Waals surface area contributed by atoms with Crippen molar-refractivity contribution in [2.75, 3.05) is 19.7 Å². The number of hydrogen-bond donors (Lipinski definition) is 1. The summed E-state index contributed by atoms with van der Waals surface area (Å²) in [6.07, 6.45) is 3.72. The van der Waals surface area contributed by atoms with E-state index in [1.54, 1.807) is 0 Å². The first-order chi connectivity index (χ1) is 6.75. The van der Waals surface area contributed by atoms with Crippen molar-refractivity contribution in [3.8, 4) is 0 Å². The molecule has 0 unspecified atom stereocenters. The summed E-state index contributed by atoms with van der Waals surface area (Å²) < 4.78 is 11.5. The van der Waals surface area contributed by atoms with Crippen LogP contribution in [-0.4, -0.2) is 38.0 Å².